The molecule has 0 spiro atoms. The van der Waals surface area contributed by atoms with Crippen LogP contribution in [-0.4, -0.2) is 23.3 Å². The zero-order valence-corrected chi connectivity index (χ0v) is 8.22. The van der Waals surface area contributed by atoms with Crippen LogP contribution < -0.4 is 5.73 Å². The smallest absolute Gasteiger partial charge is 0.323 e. The summed E-state index contributed by atoms with van der Waals surface area (Å²) in [6.07, 6.45) is 1.09. The molecule has 2 atom stereocenters. The molecule has 0 unspecified atom stereocenters. The predicted octanol–water partition coefficient (Wildman–Crippen LogP) is 1.56. The van der Waals surface area contributed by atoms with Crippen LogP contribution in [0.4, 0.5) is 4.39 Å². The number of hydrogen-bond acceptors (Lipinski definition) is 2. The van der Waals surface area contributed by atoms with Gasteiger partial charge in [0.15, 0.2) is 0 Å². The van der Waals surface area contributed by atoms with E-state index in [0.717, 1.165) is 6.42 Å². The van der Waals surface area contributed by atoms with Crippen LogP contribution >= 0.6 is 0 Å². The van der Waals surface area contributed by atoms with Crippen molar-refractivity contribution in [1.29, 1.82) is 0 Å². The summed E-state index contributed by atoms with van der Waals surface area (Å²) < 4.78 is 12.1. The molecule has 0 rings (SSSR count). The molecule has 13 heavy (non-hydrogen) atoms. The number of hydrogen-bond donors (Lipinski definition) is 2. The van der Waals surface area contributed by atoms with E-state index in [9.17, 15) is 9.18 Å². The summed E-state index contributed by atoms with van der Waals surface area (Å²) in [6.45, 7) is 3.20. The molecule has 0 aromatic heterocycles. The van der Waals surface area contributed by atoms with Crippen LogP contribution in [0.15, 0.2) is 0 Å². The highest BCUT2D eigenvalue weighted by Crippen LogP contribution is 2.20. The van der Waals surface area contributed by atoms with Crippen molar-refractivity contribution in [3.05, 3.63) is 0 Å². The van der Waals surface area contributed by atoms with Gasteiger partial charge in [0.2, 0.25) is 0 Å². The number of carboxylic acids is 1. The van der Waals surface area contributed by atoms with Crippen LogP contribution in [0.3, 0.4) is 0 Å². The van der Waals surface area contributed by atoms with Gasteiger partial charge in [-0.3, -0.25) is 9.18 Å². The third kappa shape index (κ3) is 3.72. The van der Waals surface area contributed by atoms with Crippen molar-refractivity contribution in [2.75, 3.05) is 6.67 Å². The molecule has 0 aromatic rings. The Kier molecular flexibility index (Phi) is 4.91. The molecule has 0 radical (unpaired) electrons. The number of halogens is 1. The molecule has 0 heterocycles. The Bertz CT molecular complexity index is 175. The summed E-state index contributed by atoms with van der Waals surface area (Å²) in [5.41, 5.74) is 4.20. The predicted molar refractivity (Wildman–Crippen MR) is 49.2 cm³/mol. The molecule has 0 saturated carbocycles. The average molecular weight is 191 g/mol. The Morgan fingerprint density at radius 2 is 2.23 bits per heavy atom. The van der Waals surface area contributed by atoms with E-state index in [4.69, 9.17) is 10.8 Å². The minimum Gasteiger partial charge on any atom is -0.480 e. The van der Waals surface area contributed by atoms with E-state index in [-0.39, 0.29) is 12.3 Å². The molecule has 4 heteroatoms. The molecule has 0 amide bonds. The number of aliphatic carboxylic acids is 1. The van der Waals surface area contributed by atoms with Crippen molar-refractivity contribution in [2.24, 2.45) is 11.7 Å². The van der Waals surface area contributed by atoms with Gasteiger partial charge in [0.05, 0.1) is 6.67 Å². The van der Waals surface area contributed by atoms with E-state index >= 15 is 0 Å². The van der Waals surface area contributed by atoms with Gasteiger partial charge >= 0.3 is 5.97 Å². The first kappa shape index (κ1) is 12.4. The first-order chi connectivity index (χ1) is 5.96. The molecule has 78 valence electrons. The van der Waals surface area contributed by atoms with Gasteiger partial charge in [-0.25, -0.2) is 0 Å². The van der Waals surface area contributed by atoms with E-state index in [1.54, 1.807) is 0 Å². The van der Waals surface area contributed by atoms with E-state index in [1.807, 2.05) is 13.8 Å². The van der Waals surface area contributed by atoms with Gasteiger partial charge in [-0.15, -0.1) is 0 Å². The maximum absolute atomic E-state index is 12.1. The summed E-state index contributed by atoms with van der Waals surface area (Å²) in [6, 6.07) is 0. The fourth-order valence-corrected chi connectivity index (χ4v) is 1.23. The average Bonchev–Trinajstić information content (AvgIpc) is 2.04. The molecular formula is C9H18FNO2. The highest BCUT2D eigenvalue weighted by Gasteiger charge is 2.34. The van der Waals surface area contributed by atoms with Gasteiger partial charge in [-0.05, 0) is 12.3 Å². The lowest BCUT2D eigenvalue weighted by Crippen LogP contribution is -2.49. The molecule has 3 nitrogen and oxygen atoms in total. The molecule has 0 bridgehead atoms. The largest absolute Gasteiger partial charge is 0.480 e. The molecule has 3 N–H and O–H groups in total. The zero-order chi connectivity index (χ0) is 10.5. The first-order valence-corrected chi connectivity index (χ1v) is 4.54. The fourth-order valence-electron chi connectivity index (χ4n) is 1.23. The van der Waals surface area contributed by atoms with E-state index in [2.05, 4.69) is 0 Å². The van der Waals surface area contributed by atoms with Crippen LogP contribution in [0, 0.1) is 5.92 Å². The molecule has 0 aliphatic heterocycles. The molecule has 0 aromatic carbocycles. The monoisotopic (exact) mass is 191 g/mol. The summed E-state index contributed by atoms with van der Waals surface area (Å²) in [5, 5.41) is 8.82. The van der Waals surface area contributed by atoms with Crippen LogP contribution in [0.5, 0.6) is 0 Å². The molecule has 0 saturated heterocycles. The van der Waals surface area contributed by atoms with Crippen LogP contribution in [0.25, 0.3) is 0 Å². The zero-order valence-electron chi connectivity index (χ0n) is 8.22. The number of alkyl halides is 1. The number of nitrogens with two attached hydrogens (primary N) is 1. The topological polar surface area (TPSA) is 63.3 Å². The lowest BCUT2D eigenvalue weighted by molar-refractivity contribution is -0.144. The fraction of sp³-hybridized carbons (Fsp3) is 0.889. The Balaban J connectivity index is 4.32. The Morgan fingerprint density at radius 3 is 2.54 bits per heavy atom. The standard InChI is InChI=1S/C9H18FNO2/c1-3-7(2)6-9(11,4-5-10)8(12)13/h7H,3-6,11H2,1-2H3,(H,12,13)/t7-,9+/m0/s1. The normalized spacial score (nSPS) is 17.8. The maximum Gasteiger partial charge on any atom is 0.323 e. The van der Waals surface area contributed by atoms with Crippen LogP contribution in [0.1, 0.15) is 33.1 Å². The first-order valence-electron chi connectivity index (χ1n) is 4.54. The lowest BCUT2D eigenvalue weighted by Gasteiger charge is -2.26. The minimum atomic E-state index is -1.38. The van der Waals surface area contributed by atoms with E-state index in [1.165, 1.54) is 0 Å². The van der Waals surface area contributed by atoms with Crippen molar-refractivity contribution in [1.82, 2.24) is 0 Å². The molecule has 0 aliphatic carbocycles. The number of carboxylic acid groups (broad SMARTS) is 1. The molecule has 0 fully saturated rings. The maximum atomic E-state index is 12.1. The van der Waals surface area contributed by atoms with Gasteiger partial charge in [-0.2, -0.15) is 0 Å². The summed E-state index contributed by atoms with van der Waals surface area (Å²) in [7, 11) is 0. The Morgan fingerprint density at radius 1 is 1.69 bits per heavy atom. The lowest BCUT2D eigenvalue weighted by atomic mass is 9.85. The van der Waals surface area contributed by atoms with Gasteiger partial charge in [-0.1, -0.05) is 20.3 Å². The SMILES string of the molecule is CC[C@H](C)C[C@](N)(CCF)C(=O)O. The second-order valence-electron chi connectivity index (χ2n) is 3.62. The van der Waals surface area contributed by atoms with Crippen molar-refractivity contribution < 1.29 is 14.3 Å². The van der Waals surface area contributed by atoms with E-state index in [0.29, 0.717) is 6.42 Å². The van der Waals surface area contributed by atoms with Crippen LogP contribution in [0.2, 0.25) is 0 Å². The quantitative estimate of drug-likeness (QED) is 0.669. The summed E-state index contributed by atoms with van der Waals surface area (Å²) in [4.78, 5) is 10.8. The second-order valence-corrected chi connectivity index (χ2v) is 3.62. The third-order valence-corrected chi connectivity index (χ3v) is 2.38. The van der Waals surface area contributed by atoms with Gasteiger partial charge < -0.3 is 10.8 Å². The highest BCUT2D eigenvalue weighted by molar-refractivity contribution is 5.78. The Hall–Kier alpha value is -0.640. The van der Waals surface area contributed by atoms with Crippen LogP contribution in [-0.2, 0) is 4.79 Å². The van der Waals surface area contributed by atoms with Crippen molar-refractivity contribution in [2.45, 2.75) is 38.6 Å². The Labute approximate surface area is 78.1 Å². The summed E-state index contributed by atoms with van der Waals surface area (Å²) in [5.74, 6) is -0.891. The molecule has 0 aliphatic rings. The van der Waals surface area contributed by atoms with Gasteiger partial charge in [0, 0.05) is 6.42 Å². The van der Waals surface area contributed by atoms with Crippen molar-refractivity contribution >= 4 is 5.97 Å². The van der Waals surface area contributed by atoms with Crippen molar-refractivity contribution in [3.8, 4) is 0 Å². The van der Waals surface area contributed by atoms with Crippen molar-refractivity contribution in [3.63, 3.8) is 0 Å². The van der Waals surface area contributed by atoms with E-state index < -0.39 is 18.2 Å². The minimum absolute atomic E-state index is 0.104. The second kappa shape index (κ2) is 5.17. The number of carbonyl (C=O) groups is 1. The summed E-state index contributed by atoms with van der Waals surface area (Å²) >= 11 is 0. The third-order valence-electron chi connectivity index (χ3n) is 2.38. The van der Waals surface area contributed by atoms with Gasteiger partial charge in [0.1, 0.15) is 5.54 Å². The van der Waals surface area contributed by atoms with Gasteiger partial charge in [0.25, 0.3) is 0 Å². The number of rotatable bonds is 6. The molecular weight excluding hydrogens is 173 g/mol. The highest BCUT2D eigenvalue weighted by atomic mass is 19.1.